The monoisotopic (exact) mass is 557 g/mol. The summed E-state index contributed by atoms with van der Waals surface area (Å²) in [6.45, 7) is 9.31. The highest BCUT2D eigenvalue weighted by molar-refractivity contribution is 6.35. The van der Waals surface area contributed by atoms with Crippen LogP contribution in [-0.2, 0) is 4.79 Å². The molecule has 0 saturated carbocycles. The Balaban J connectivity index is 1.70. The molecule has 0 bridgehead atoms. The second kappa shape index (κ2) is 9.98. The largest absolute Gasteiger partial charge is 0.507 e. The molecule has 2 atom stereocenters. The maximum absolute atomic E-state index is 15.1. The lowest BCUT2D eigenvalue weighted by Gasteiger charge is -2.40. The van der Waals surface area contributed by atoms with Gasteiger partial charge in [0, 0.05) is 37.8 Å². The van der Waals surface area contributed by atoms with Gasteiger partial charge >= 0.3 is 0 Å². The Bertz CT molecular complexity index is 1330. The molecule has 1 aromatic heterocycles. The van der Waals surface area contributed by atoms with Crippen molar-refractivity contribution in [3.63, 3.8) is 0 Å². The summed E-state index contributed by atoms with van der Waals surface area (Å²) in [5.41, 5.74) is -0.355. The number of hydrogen-bond donors (Lipinski definition) is 1. The Morgan fingerprint density at radius 1 is 1.28 bits per heavy atom. The summed E-state index contributed by atoms with van der Waals surface area (Å²) in [5.74, 6) is -1.11. The number of carbonyl (C=O) groups excluding carboxylic acids is 2. The number of rotatable bonds is 4. The number of likely N-dealkylation sites (N-methyl/N-ethyl adjacent to an activating group) is 1. The van der Waals surface area contributed by atoms with E-state index in [1.165, 1.54) is 24.3 Å². The number of amides is 2. The smallest absolute Gasteiger partial charge is 0.261 e. The number of pyridine rings is 1. The third-order valence-corrected chi connectivity index (χ3v) is 8.36. The number of fused-ring (bicyclic) bond motifs is 2. The predicted octanol–water partition coefficient (Wildman–Crippen LogP) is 3.40. The van der Waals surface area contributed by atoms with Crippen molar-refractivity contribution in [2.75, 3.05) is 51.8 Å². The molecule has 2 fully saturated rings. The zero-order chi connectivity index (χ0) is 28.2. The molecule has 3 aliphatic heterocycles. The van der Waals surface area contributed by atoms with Gasteiger partial charge in [-0.3, -0.25) is 9.59 Å². The van der Waals surface area contributed by atoms with Crippen LogP contribution in [0, 0.1) is 5.82 Å². The highest BCUT2D eigenvalue weighted by Crippen LogP contribution is 2.48. The number of anilines is 1. The van der Waals surface area contributed by atoms with Crippen molar-refractivity contribution < 1.29 is 23.8 Å². The Morgan fingerprint density at radius 2 is 2.03 bits per heavy atom. The number of benzene rings is 1. The first kappa shape index (κ1) is 27.2. The van der Waals surface area contributed by atoms with Crippen LogP contribution in [0.2, 0.25) is 5.02 Å². The third-order valence-electron chi connectivity index (χ3n) is 8.01. The molecule has 208 valence electrons. The number of hydrogen-bond acceptors (Lipinski definition) is 7. The SMILES string of the molecule is C=CC(=O)N1CCN2C(=O)c3c(N4C[C@@H](N(C)C)CC4(C)C)nc(-c4c(O)cccc4F)c(Cl)c3OC[C@H]2C1. The zero-order valence-electron chi connectivity index (χ0n) is 22.6. The summed E-state index contributed by atoms with van der Waals surface area (Å²) in [6, 6.07) is 3.74. The lowest BCUT2D eigenvalue weighted by Crippen LogP contribution is -2.57. The van der Waals surface area contributed by atoms with Crippen LogP contribution < -0.4 is 9.64 Å². The van der Waals surface area contributed by atoms with Gasteiger partial charge in [0.2, 0.25) is 5.91 Å². The fraction of sp³-hybridized carbons (Fsp3) is 0.464. The van der Waals surface area contributed by atoms with Crippen LogP contribution in [0.3, 0.4) is 0 Å². The van der Waals surface area contributed by atoms with Gasteiger partial charge in [0.15, 0.2) is 5.75 Å². The summed E-state index contributed by atoms with van der Waals surface area (Å²) in [5, 5.41) is 10.6. The van der Waals surface area contributed by atoms with E-state index in [1.807, 2.05) is 19.0 Å². The lowest BCUT2D eigenvalue weighted by atomic mass is 9.99. The molecule has 11 heteroatoms. The number of nitrogens with zero attached hydrogens (tertiary/aromatic N) is 5. The molecular formula is C28H33ClFN5O4. The van der Waals surface area contributed by atoms with E-state index >= 15 is 4.39 Å². The molecule has 0 unspecified atom stereocenters. The van der Waals surface area contributed by atoms with Crippen LogP contribution in [-0.4, -0.2) is 101 Å². The van der Waals surface area contributed by atoms with Crippen LogP contribution in [0.5, 0.6) is 11.5 Å². The van der Waals surface area contributed by atoms with Gasteiger partial charge in [-0.25, -0.2) is 9.37 Å². The van der Waals surface area contributed by atoms with E-state index in [9.17, 15) is 14.7 Å². The minimum atomic E-state index is -0.696. The van der Waals surface area contributed by atoms with E-state index in [1.54, 1.807) is 9.80 Å². The van der Waals surface area contributed by atoms with Gasteiger partial charge in [0.1, 0.15) is 40.3 Å². The fourth-order valence-electron chi connectivity index (χ4n) is 5.81. The van der Waals surface area contributed by atoms with Crippen molar-refractivity contribution in [2.45, 2.75) is 37.9 Å². The minimum Gasteiger partial charge on any atom is -0.507 e. The molecule has 0 aliphatic carbocycles. The number of ether oxygens (including phenoxy) is 1. The van der Waals surface area contributed by atoms with E-state index in [-0.39, 0.29) is 64.4 Å². The van der Waals surface area contributed by atoms with Gasteiger partial charge < -0.3 is 29.4 Å². The lowest BCUT2D eigenvalue weighted by molar-refractivity contribution is -0.128. The highest BCUT2D eigenvalue weighted by atomic mass is 35.5. The molecule has 0 spiro atoms. The summed E-state index contributed by atoms with van der Waals surface area (Å²) in [6.07, 6.45) is 2.06. The molecule has 2 amide bonds. The van der Waals surface area contributed by atoms with Gasteiger partial charge in [-0.05, 0) is 52.6 Å². The number of halogens is 2. The zero-order valence-corrected chi connectivity index (χ0v) is 23.3. The summed E-state index contributed by atoms with van der Waals surface area (Å²) >= 11 is 6.83. The van der Waals surface area contributed by atoms with Crippen LogP contribution in [0.25, 0.3) is 11.3 Å². The maximum Gasteiger partial charge on any atom is 0.261 e. The van der Waals surface area contributed by atoms with Crippen molar-refractivity contribution >= 4 is 29.2 Å². The first-order chi connectivity index (χ1) is 18.4. The van der Waals surface area contributed by atoms with Gasteiger partial charge in [-0.2, -0.15) is 0 Å². The van der Waals surface area contributed by atoms with Crippen LogP contribution in [0.4, 0.5) is 10.2 Å². The summed E-state index contributed by atoms with van der Waals surface area (Å²) in [7, 11) is 4.01. The molecule has 1 N–H and O–H groups in total. The predicted molar refractivity (Wildman–Crippen MR) is 147 cm³/mol. The third kappa shape index (κ3) is 4.59. The van der Waals surface area contributed by atoms with E-state index in [4.69, 9.17) is 21.3 Å². The number of aromatic hydroxyl groups is 1. The second-order valence-electron chi connectivity index (χ2n) is 11.1. The van der Waals surface area contributed by atoms with E-state index < -0.39 is 17.4 Å². The number of carbonyl (C=O) groups is 2. The van der Waals surface area contributed by atoms with Crippen molar-refractivity contribution in [1.29, 1.82) is 0 Å². The normalized spacial score (nSPS) is 22.3. The summed E-state index contributed by atoms with van der Waals surface area (Å²) < 4.78 is 21.3. The Kier molecular flexibility index (Phi) is 6.97. The van der Waals surface area contributed by atoms with E-state index in [0.717, 1.165) is 6.42 Å². The minimum absolute atomic E-state index is 0.00116. The maximum atomic E-state index is 15.1. The number of aromatic nitrogens is 1. The van der Waals surface area contributed by atoms with E-state index in [0.29, 0.717) is 25.5 Å². The van der Waals surface area contributed by atoms with Crippen LogP contribution in [0.15, 0.2) is 30.9 Å². The first-order valence-electron chi connectivity index (χ1n) is 12.9. The standard InChI is InChI=1S/C28H33ClFN5O4/c1-6-20(37)33-10-11-34-17(13-33)15-39-25-22(27(34)38)26(35-14-16(32(4)5)12-28(35,2)3)31-24(23(25)29)21-18(30)8-7-9-19(21)36/h6-9,16-17,36H,1,10-15H2,2-5H3/t16-,17+/m0/s1. The van der Waals surface area contributed by atoms with Crippen LogP contribution >= 0.6 is 11.6 Å². The number of phenolic OH excluding ortho intramolecular Hbond substituents is 1. The van der Waals surface area contributed by atoms with Crippen molar-refractivity contribution in [3.05, 3.63) is 47.3 Å². The molecule has 2 aromatic rings. The Morgan fingerprint density at radius 3 is 2.67 bits per heavy atom. The quantitative estimate of drug-likeness (QED) is 0.576. The molecule has 2 saturated heterocycles. The average molecular weight is 558 g/mol. The molecule has 1 aromatic carbocycles. The number of phenols is 1. The van der Waals surface area contributed by atoms with Crippen LogP contribution in [0.1, 0.15) is 30.6 Å². The van der Waals surface area contributed by atoms with Crippen molar-refractivity contribution in [3.8, 4) is 22.8 Å². The van der Waals surface area contributed by atoms with E-state index in [2.05, 4.69) is 25.3 Å². The molecular weight excluding hydrogens is 525 g/mol. The van der Waals surface area contributed by atoms with Gasteiger partial charge in [-0.15, -0.1) is 0 Å². The highest BCUT2D eigenvalue weighted by Gasteiger charge is 2.46. The molecule has 5 rings (SSSR count). The number of piperazine rings is 1. The molecule has 4 heterocycles. The fourth-order valence-corrected chi connectivity index (χ4v) is 6.10. The van der Waals surface area contributed by atoms with Gasteiger partial charge in [0.25, 0.3) is 5.91 Å². The summed E-state index contributed by atoms with van der Waals surface area (Å²) in [4.78, 5) is 38.8. The second-order valence-corrected chi connectivity index (χ2v) is 11.5. The Labute approximate surface area is 232 Å². The average Bonchev–Trinajstić information content (AvgIpc) is 3.14. The first-order valence-corrected chi connectivity index (χ1v) is 13.3. The van der Waals surface area contributed by atoms with Gasteiger partial charge in [0.05, 0.1) is 11.6 Å². The molecule has 3 aliphatic rings. The Hall–Kier alpha value is -3.37. The van der Waals surface area contributed by atoms with Crippen molar-refractivity contribution in [2.24, 2.45) is 0 Å². The molecule has 39 heavy (non-hydrogen) atoms. The van der Waals surface area contributed by atoms with Crippen molar-refractivity contribution in [1.82, 2.24) is 19.7 Å². The molecule has 0 radical (unpaired) electrons. The topological polar surface area (TPSA) is 89.5 Å². The van der Waals surface area contributed by atoms with Gasteiger partial charge in [-0.1, -0.05) is 24.2 Å². The molecule has 9 nitrogen and oxygen atoms in total.